The standard InChI is InChI=1S/C9H13N3O3/c1-14-9(13)8-12-11-7(15-8)6-2-4-10-5-3-6/h6,10H,2-5H2,1H3. The van der Waals surface area contributed by atoms with Crippen molar-refractivity contribution in [2.24, 2.45) is 0 Å². The summed E-state index contributed by atoms with van der Waals surface area (Å²) in [5, 5.41) is 10.8. The van der Waals surface area contributed by atoms with Gasteiger partial charge >= 0.3 is 11.9 Å². The number of carbonyl (C=O) groups excluding carboxylic acids is 1. The van der Waals surface area contributed by atoms with E-state index in [2.05, 4.69) is 20.3 Å². The van der Waals surface area contributed by atoms with Crippen LogP contribution in [0.2, 0.25) is 0 Å². The van der Waals surface area contributed by atoms with Crippen LogP contribution in [0.3, 0.4) is 0 Å². The van der Waals surface area contributed by atoms with Crippen molar-refractivity contribution in [3.63, 3.8) is 0 Å². The Hall–Kier alpha value is -1.43. The SMILES string of the molecule is COC(=O)c1nnc(C2CCNCC2)o1. The minimum absolute atomic E-state index is 0.0639. The predicted molar refractivity (Wildman–Crippen MR) is 50.5 cm³/mol. The number of hydrogen-bond acceptors (Lipinski definition) is 6. The summed E-state index contributed by atoms with van der Waals surface area (Å²) in [4.78, 5) is 11.1. The monoisotopic (exact) mass is 211 g/mol. The largest absolute Gasteiger partial charge is 0.462 e. The zero-order valence-corrected chi connectivity index (χ0v) is 8.52. The molecule has 1 aliphatic rings. The quantitative estimate of drug-likeness (QED) is 0.710. The fourth-order valence-electron chi connectivity index (χ4n) is 1.64. The molecule has 0 aliphatic carbocycles. The number of rotatable bonds is 2. The molecular formula is C9H13N3O3. The molecule has 1 aromatic heterocycles. The Labute approximate surface area is 87.0 Å². The average Bonchev–Trinajstić information content (AvgIpc) is 2.78. The Bertz CT molecular complexity index is 344. The second-order valence-electron chi connectivity index (χ2n) is 3.46. The number of aromatic nitrogens is 2. The maximum Gasteiger partial charge on any atom is 0.396 e. The van der Waals surface area contributed by atoms with Gasteiger partial charge in [-0.1, -0.05) is 0 Å². The third-order valence-corrected chi connectivity index (χ3v) is 2.49. The maximum atomic E-state index is 11.1. The third kappa shape index (κ3) is 2.15. The van der Waals surface area contributed by atoms with Crippen LogP contribution in [0.15, 0.2) is 4.42 Å². The first-order valence-electron chi connectivity index (χ1n) is 4.93. The van der Waals surface area contributed by atoms with Crippen molar-refractivity contribution >= 4 is 5.97 Å². The summed E-state index contributed by atoms with van der Waals surface area (Å²) in [5.41, 5.74) is 0. The second kappa shape index (κ2) is 4.39. The van der Waals surface area contributed by atoms with Gasteiger partial charge in [0.25, 0.3) is 0 Å². The summed E-state index contributed by atoms with van der Waals surface area (Å²) in [5.74, 6) is 0.155. The normalized spacial score (nSPS) is 17.7. The Morgan fingerprint density at radius 3 is 2.87 bits per heavy atom. The van der Waals surface area contributed by atoms with Gasteiger partial charge in [0.15, 0.2) is 0 Å². The molecule has 1 N–H and O–H groups in total. The molecule has 2 heterocycles. The average molecular weight is 211 g/mol. The van der Waals surface area contributed by atoms with Crippen LogP contribution in [0, 0.1) is 0 Å². The molecule has 82 valence electrons. The molecule has 6 heteroatoms. The van der Waals surface area contributed by atoms with Crippen molar-refractivity contribution in [1.29, 1.82) is 0 Å². The zero-order chi connectivity index (χ0) is 10.7. The van der Waals surface area contributed by atoms with Gasteiger partial charge in [0.1, 0.15) is 0 Å². The summed E-state index contributed by atoms with van der Waals surface area (Å²) in [6, 6.07) is 0. The van der Waals surface area contributed by atoms with Crippen LogP contribution in [0.4, 0.5) is 0 Å². The molecule has 0 radical (unpaired) electrons. The Morgan fingerprint density at radius 1 is 1.47 bits per heavy atom. The maximum absolute atomic E-state index is 11.1. The molecule has 0 atom stereocenters. The molecule has 1 aromatic rings. The summed E-state index contributed by atoms with van der Waals surface area (Å²) in [6.45, 7) is 1.89. The molecule has 0 unspecified atom stereocenters. The van der Waals surface area contributed by atoms with Gasteiger partial charge in [-0.15, -0.1) is 10.2 Å². The topological polar surface area (TPSA) is 77.2 Å². The highest BCUT2D eigenvalue weighted by molar-refractivity contribution is 5.83. The fraction of sp³-hybridized carbons (Fsp3) is 0.667. The van der Waals surface area contributed by atoms with Crippen LogP contribution in [-0.4, -0.2) is 36.4 Å². The van der Waals surface area contributed by atoms with Gasteiger partial charge in [-0.05, 0) is 25.9 Å². The zero-order valence-electron chi connectivity index (χ0n) is 8.52. The van der Waals surface area contributed by atoms with Gasteiger partial charge in [-0.3, -0.25) is 0 Å². The van der Waals surface area contributed by atoms with Gasteiger partial charge in [-0.2, -0.15) is 0 Å². The first kappa shape index (κ1) is 10.1. The third-order valence-electron chi connectivity index (χ3n) is 2.49. The molecule has 0 spiro atoms. The van der Waals surface area contributed by atoms with Gasteiger partial charge in [0.05, 0.1) is 7.11 Å². The molecule has 1 aliphatic heterocycles. The van der Waals surface area contributed by atoms with Crippen molar-refractivity contribution < 1.29 is 13.9 Å². The lowest BCUT2D eigenvalue weighted by Gasteiger charge is -2.18. The molecule has 0 saturated carbocycles. The van der Waals surface area contributed by atoms with E-state index >= 15 is 0 Å². The van der Waals surface area contributed by atoms with Crippen LogP contribution < -0.4 is 5.32 Å². The van der Waals surface area contributed by atoms with Gasteiger partial charge in [-0.25, -0.2) is 4.79 Å². The number of esters is 1. The first-order valence-corrected chi connectivity index (χ1v) is 4.93. The summed E-state index contributed by atoms with van der Waals surface area (Å²) >= 11 is 0. The Kier molecular flexibility index (Phi) is 2.96. The minimum Gasteiger partial charge on any atom is -0.462 e. The number of methoxy groups -OCH3 is 1. The van der Waals surface area contributed by atoms with Crippen LogP contribution in [0.25, 0.3) is 0 Å². The lowest BCUT2D eigenvalue weighted by Crippen LogP contribution is -2.26. The number of carbonyl (C=O) groups is 1. The van der Waals surface area contributed by atoms with E-state index in [1.165, 1.54) is 7.11 Å². The van der Waals surface area contributed by atoms with Gasteiger partial charge < -0.3 is 14.5 Å². The molecule has 6 nitrogen and oxygen atoms in total. The number of ether oxygens (including phenoxy) is 1. The summed E-state index contributed by atoms with van der Waals surface area (Å²) < 4.78 is 9.74. The Balaban J connectivity index is 2.08. The van der Waals surface area contributed by atoms with Crippen LogP contribution in [0.5, 0.6) is 0 Å². The molecule has 15 heavy (non-hydrogen) atoms. The van der Waals surface area contributed by atoms with E-state index in [4.69, 9.17) is 4.42 Å². The predicted octanol–water partition coefficient (Wildman–Crippen LogP) is 0.323. The summed E-state index contributed by atoms with van der Waals surface area (Å²) in [7, 11) is 1.29. The van der Waals surface area contributed by atoms with Crippen LogP contribution in [-0.2, 0) is 4.74 Å². The summed E-state index contributed by atoms with van der Waals surface area (Å²) in [6.07, 6.45) is 1.92. The van der Waals surface area contributed by atoms with E-state index in [-0.39, 0.29) is 11.8 Å². The first-order chi connectivity index (χ1) is 7.31. The van der Waals surface area contributed by atoms with Crippen molar-refractivity contribution in [2.45, 2.75) is 18.8 Å². The van der Waals surface area contributed by atoms with E-state index in [0.717, 1.165) is 25.9 Å². The highest BCUT2D eigenvalue weighted by Gasteiger charge is 2.23. The van der Waals surface area contributed by atoms with Crippen LogP contribution in [0.1, 0.15) is 35.3 Å². The molecule has 0 aromatic carbocycles. The van der Waals surface area contributed by atoms with Gasteiger partial charge in [0, 0.05) is 5.92 Å². The van der Waals surface area contributed by atoms with E-state index in [0.29, 0.717) is 5.89 Å². The van der Waals surface area contributed by atoms with E-state index in [1.54, 1.807) is 0 Å². The molecule has 0 bridgehead atoms. The molecule has 0 amide bonds. The van der Waals surface area contributed by atoms with E-state index < -0.39 is 5.97 Å². The highest BCUT2D eigenvalue weighted by atomic mass is 16.5. The smallest absolute Gasteiger partial charge is 0.396 e. The van der Waals surface area contributed by atoms with Gasteiger partial charge in [0.2, 0.25) is 5.89 Å². The number of nitrogens with one attached hydrogen (secondary N) is 1. The minimum atomic E-state index is -0.581. The lowest BCUT2D eigenvalue weighted by molar-refractivity contribution is 0.0553. The second-order valence-corrected chi connectivity index (χ2v) is 3.46. The fourth-order valence-corrected chi connectivity index (χ4v) is 1.64. The lowest BCUT2D eigenvalue weighted by atomic mass is 9.98. The Morgan fingerprint density at radius 2 is 2.20 bits per heavy atom. The van der Waals surface area contributed by atoms with E-state index in [1.807, 2.05) is 0 Å². The highest BCUT2D eigenvalue weighted by Crippen LogP contribution is 2.23. The molecular weight excluding hydrogens is 198 g/mol. The molecule has 1 fully saturated rings. The van der Waals surface area contributed by atoms with Crippen molar-refractivity contribution in [2.75, 3.05) is 20.2 Å². The van der Waals surface area contributed by atoms with Crippen molar-refractivity contribution in [1.82, 2.24) is 15.5 Å². The van der Waals surface area contributed by atoms with Crippen molar-refractivity contribution in [3.8, 4) is 0 Å². The van der Waals surface area contributed by atoms with E-state index in [9.17, 15) is 4.79 Å². The van der Waals surface area contributed by atoms with Crippen LogP contribution >= 0.6 is 0 Å². The molecule has 2 rings (SSSR count). The molecule has 1 saturated heterocycles. The van der Waals surface area contributed by atoms with Crippen molar-refractivity contribution in [3.05, 3.63) is 11.8 Å². The number of nitrogens with zero attached hydrogens (tertiary/aromatic N) is 2. The number of hydrogen-bond donors (Lipinski definition) is 1. The number of piperidine rings is 1.